The van der Waals surface area contributed by atoms with Gasteiger partial charge in [-0.2, -0.15) is 5.26 Å². The van der Waals surface area contributed by atoms with Gasteiger partial charge in [-0.15, -0.1) is 11.3 Å². The van der Waals surface area contributed by atoms with Gasteiger partial charge in [-0.1, -0.05) is 12.1 Å². The van der Waals surface area contributed by atoms with Gasteiger partial charge in [0.2, 0.25) is 5.88 Å². The maximum absolute atomic E-state index is 14.1. The van der Waals surface area contributed by atoms with E-state index in [0.717, 1.165) is 47.8 Å². The topological polar surface area (TPSA) is 104 Å². The molecule has 3 aromatic heterocycles. The van der Waals surface area contributed by atoms with E-state index in [1.54, 1.807) is 24.3 Å². The van der Waals surface area contributed by atoms with Gasteiger partial charge in [-0.25, -0.2) is 19.2 Å². The number of hydrogen-bond acceptors (Lipinski definition) is 7. The number of aryl methyl sites for hydroxylation is 1. The molecule has 10 heteroatoms. The summed E-state index contributed by atoms with van der Waals surface area (Å²) in [4.78, 5) is 24.1. The number of hydrogen-bond donors (Lipinski definition) is 1. The summed E-state index contributed by atoms with van der Waals surface area (Å²) in [5, 5.41) is 18.1. The Morgan fingerprint density at radius 1 is 1.25 bits per heavy atom. The fourth-order valence-electron chi connectivity index (χ4n) is 4.48. The lowest BCUT2D eigenvalue weighted by Crippen LogP contribution is -2.33. The molecule has 4 aromatic rings. The Morgan fingerprint density at radius 3 is 2.75 bits per heavy atom. The van der Waals surface area contributed by atoms with Gasteiger partial charge >= 0.3 is 5.97 Å². The van der Waals surface area contributed by atoms with E-state index in [4.69, 9.17) is 10.00 Å². The number of aromatic nitrogens is 3. The number of benzene rings is 1. The molecule has 0 unspecified atom stereocenters. The van der Waals surface area contributed by atoms with Crippen LogP contribution in [0.25, 0.3) is 10.3 Å². The van der Waals surface area contributed by atoms with E-state index in [-0.39, 0.29) is 12.2 Å². The highest BCUT2D eigenvalue weighted by Gasteiger charge is 2.24. The van der Waals surface area contributed by atoms with Crippen molar-refractivity contribution in [3.05, 3.63) is 75.8 Å². The zero-order chi connectivity index (χ0) is 25.2. The van der Waals surface area contributed by atoms with Gasteiger partial charge in [0.1, 0.15) is 33.5 Å². The van der Waals surface area contributed by atoms with Gasteiger partial charge in [0.25, 0.3) is 0 Å². The van der Waals surface area contributed by atoms with E-state index >= 15 is 0 Å². The first-order valence-corrected chi connectivity index (χ1v) is 12.4. The molecule has 1 saturated heterocycles. The summed E-state index contributed by atoms with van der Waals surface area (Å²) in [7, 11) is 1.93. The number of carbonyl (C=O) groups is 1. The lowest BCUT2D eigenvalue weighted by Gasteiger charge is -2.31. The lowest BCUT2D eigenvalue weighted by molar-refractivity contribution is 0.0702. The Balaban J connectivity index is 1.18. The quantitative estimate of drug-likeness (QED) is 0.388. The molecule has 184 valence electrons. The molecular formula is C26H24FN5O3S. The standard InChI is InChI=1S/C26H24FN5O3S/c1-31-23(29-21-12-22(26(33)34)36-25(21)31)14-32-9-7-17(8-10-32)20-3-2-4-24(30-20)35-15-18-6-5-16(13-28)11-19(18)27/h2-6,11-12,17H,7-10,14-15H2,1H3,(H,33,34). The maximum atomic E-state index is 14.1. The van der Waals surface area contributed by atoms with Crippen LogP contribution in [-0.4, -0.2) is 43.6 Å². The van der Waals surface area contributed by atoms with Crippen LogP contribution in [0.5, 0.6) is 5.88 Å². The normalized spacial score (nSPS) is 14.7. The molecule has 1 aliphatic heterocycles. The van der Waals surface area contributed by atoms with Gasteiger partial charge in [0, 0.05) is 30.3 Å². The number of piperidine rings is 1. The lowest BCUT2D eigenvalue weighted by atomic mass is 9.93. The predicted molar refractivity (Wildman–Crippen MR) is 132 cm³/mol. The first-order chi connectivity index (χ1) is 17.4. The molecule has 0 spiro atoms. The van der Waals surface area contributed by atoms with E-state index in [1.807, 2.05) is 29.8 Å². The van der Waals surface area contributed by atoms with Crippen molar-refractivity contribution in [3.8, 4) is 11.9 Å². The average molecular weight is 506 g/mol. The number of carboxylic acids is 1. The summed E-state index contributed by atoms with van der Waals surface area (Å²) in [6.07, 6.45) is 1.89. The molecule has 5 rings (SSSR count). The number of nitrogens with zero attached hydrogens (tertiary/aromatic N) is 5. The molecule has 1 N–H and O–H groups in total. The third kappa shape index (κ3) is 4.94. The van der Waals surface area contributed by atoms with Crippen molar-refractivity contribution in [3.63, 3.8) is 0 Å². The molecule has 0 amide bonds. The number of likely N-dealkylation sites (tertiary alicyclic amines) is 1. The van der Waals surface area contributed by atoms with E-state index in [1.165, 1.54) is 17.4 Å². The first kappa shape index (κ1) is 23.9. The molecule has 1 aliphatic rings. The van der Waals surface area contributed by atoms with Gasteiger partial charge in [0.05, 0.1) is 18.2 Å². The van der Waals surface area contributed by atoms with Crippen molar-refractivity contribution in [1.82, 2.24) is 19.4 Å². The number of rotatable bonds is 7. The molecular weight excluding hydrogens is 481 g/mol. The fraction of sp³-hybridized carbons (Fsp3) is 0.308. The molecule has 0 atom stereocenters. The summed E-state index contributed by atoms with van der Waals surface area (Å²) in [5.74, 6) is 0.292. The minimum Gasteiger partial charge on any atom is -0.477 e. The largest absolute Gasteiger partial charge is 0.477 e. The third-order valence-electron chi connectivity index (χ3n) is 6.52. The van der Waals surface area contributed by atoms with Crippen LogP contribution in [0.1, 0.15) is 51.1 Å². The van der Waals surface area contributed by atoms with Crippen molar-refractivity contribution in [1.29, 1.82) is 5.26 Å². The van der Waals surface area contributed by atoms with Crippen LogP contribution in [0.4, 0.5) is 4.39 Å². The second-order valence-corrected chi connectivity index (χ2v) is 9.88. The Hall–Kier alpha value is -3.81. The Labute approximate surface area is 211 Å². The third-order valence-corrected chi connectivity index (χ3v) is 7.71. The molecule has 1 fully saturated rings. The van der Waals surface area contributed by atoms with Crippen LogP contribution in [0.15, 0.2) is 42.5 Å². The van der Waals surface area contributed by atoms with Crippen LogP contribution >= 0.6 is 11.3 Å². The number of fused-ring (bicyclic) bond motifs is 1. The SMILES string of the molecule is Cn1c(CN2CCC(c3cccc(OCc4ccc(C#N)cc4F)n3)CC2)nc2cc(C(=O)O)sc21. The maximum Gasteiger partial charge on any atom is 0.346 e. The van der Waals surface area contributed by atoms with E-state index in [9.17, 15) is 14.3 Å². The van der Waals surface area contributed by atoms with E-state index in [2.05, 4.69) is 14.9 Å². The zero-order valence-corrected chi connectivity index (χ0v) is 20.5. The number of thiophene rings is 1. The number of aromatic carboxylic acids is 1. The predicted octanol–water partition coefficient (Wildman–Crippen LogP) is 4.70. The van der Waals surface area contributed by atoms with Crippen molar-refractivity contribution >= 4 is 27.7 Å². The second kappa shape index (κ2) is 10.0. The Morgan fingerprint density at radius 2 is 2.06 bits per heavy atom. The minimum atomic E-state index is -0.925. The molecule has 0 radical (unpaired) electrons. The summed E-state index contributed by atoms with van der Waals surface area (Å²) in [6.45, 7) is 2.55. The number of ether oxygens (including phenoxy) is 1. The van der Waals surface area contributed by atoms with Crippen LogP contribution in [-0.2, 0) is 20.2 Å². The van der Waals surface area contributed by atoms with Crippen LogP contribution < -0.4 is 4.74 Å². The van der Waals surface area contributed by atoms with Crippen LogP contribution in [0.2, 0.25) is 0 Å². The molecule has 4 heterocycles. The number of carboxylic acid groups (broad SMARTS) is 1. The monoisotopic (exact) mass is 505 g/mol. The van der Waals surface area contributed by atoms with Gasteiger partial charge in [-0.3, -0.25) is 4.90 Å². The average Bonchev–Trinajstić information content (AvgIpc) is 3.43. The van der Waals surface area contributed by atoms with Crippen LogP contribution in [0, 0.1) is 17.1 Å². The van der Waals surface area contributed by atoms with Crippen LogP contribution in [0.3, 0.4) is 0 Å². The van der Waals surface area contributed by atoms with Crippen molar-refractivity contribution in [2.24, 2.45) is 7.05 Å². The van der Waals surface area contributed by atoms with Crippen molar-refractivity contribution in [2.45, 2.75) is 31.9 Å². The summed E-state index contributed by atoms with van der Waals surface area (Å²) < 4.78 is 21.9. The summed E-state index contributed by atoms with van der Waals surface area (Å²) in [5.41, 5.74) is 2.35. The molecule has 1 aromatic carbocycles. The highest BCUT2D eigenvalue weighted by Crippen LogP contribution is 2.30. The molecule has 8 nitrogen and oxygen atoms in total. The Kier molecular flexibility index (Phi) is 6.67. The van der Waals surface area contributed by atoms with Crippen molar-refractivity contribution < 1.29 is 19.0 Å². The molecule has 0 saturated carbocycles. The van der Waals surface area contributed by atoms with E-state index < -0.39 is 11.8 Å². The van der Waals surface area contributed by atoms with Gasteiger partial charge in [-0.05, 0) is 50.2 Å². The molecule has 0 bridgehead atoms. The number of nitriles is 1. The van der Waals surface area contributed by atoms with Gasteiger partial charge in [0.15, 0.2) is 0 Å². The number of imidazole rings is 1. The minimum absolute atomic E-state index is 0.0432. The summed E-state index contributed by atoms with van der Waals surface area (Å²) in [6, 6.07) is 13.6. The second-order valence-electron chi connectivity index (χ2n) is 8.85. The summed E-state index contributed by atoms with van der Waals surface area (Å²) >= 11 is 1.25. The van der Waals surface area contributed by atoms with Gasteiger partial charge < -0.3 is 14.4 Å². The fourth-order valence-corrected chi connectivity index (χ4v) is 5.40. The smallest absolute Gasteiger partial charge is 0.346 e. The van der Waals surface area contributed by atoms with Crippen molar-refractivity contribution in [2.75, 3.05) is 13.1 Å². The first-order valence-electron chi connectivity index (χ1n) is 11.6. The molecule has 0 aliphatic carbocycles. The zero-order valence-electron chi connectivity index (χ0n) is 19.6. The highest BCUT2D eigenvalue weighted by atomic mass is 32.1. The van der Waals surface area contributed by atoms with E-state index in [0.29, 0.717) is 28.8 Å². The Bertz CT molecular complexity index is 1470. The number of pyridine rings is 1. The highest BCUT2D eigenvalue weighted by molar-refractivity contribution is 7.20. The number of halogens is 1. The molecule has 36 heavy (non-hydrogen) atoms.